The molecule has 1 aromatic carbocycles. The van der Waals surface area contributed by atoms with Crippen molar-refractivity contribution in [3.63, 3.8) is 0 Å². The third-order valence-corrected chi connectivity index (χ3v) is 3.31. The van der Waals surface area contributed by atoms with Crippen molar-refractivity contribution < 1.29 is 4.74 Å². The van der Waals surface area contributed by atoms with Crippen LogP contribution in [0.5, 0.6) is 5.75 Å². The zero-order valence-corrected chi connectivity index (χ0v) is 12.2. The number of unbranched alkanes of at least 4 members (excludes halogenated alkanes) is 1. The molecule has 0 aliphatic carbocycles. The van der Waals surface area contributed by atoms with E-state index in [0.29, 0.717) is 16.5 Å². The van der Waals surface area contributed by atoms with Crippen LogP contribution in [0.2, 0.25) is 5.02 Å². The molecule has 2 aromatic rings. The van der Waals surface area contributed by atoms with E-state index in [1.807, 2.05) is 6.07 Å². The lowest BCUT2D eigenvalue weighted by atomic mass is 10.1. The Balaban J connectivity index is 2.44. The van der Waals surface area contributed by atoms with Gasteiger partial charge in [0.2, 0.25) is 0 Å². The highest BCUT2D eigenvalue weighted by atomic mass is 35.5. The smallest absolute Gasteiger partial charge is 0.186 e. The number of hydrogen-bond acceptors (Lipinski definition) is 4. The number of rotatable bonds is 5. The molecule has 104 valence electrons. The summed E-state index contributed by atoms with van der Waals surface area (Å²) in [6.07, 6.45) is 2.78. The lowest BCUT2D eigenvalue weighted by molar-refractivity contribution is 0.415. The van der Waals surface area contributed by atoms with Gasteiger partial charge in [0.25, 0.3) is 0 Å². The van der Waals surface area contributed by atoms with Gasteiger partial charge in [-0.1, -0.05) is 30.2 Å². The molecule has 0 saturated heterocycles. The number of nitrogens with zero attached hydrogens (tertiary/aromatic N) is 4. The maximum absolute atomic E-state index is 9.10. The normalized spacial score (nSPS) is 10.3. The Hall–Kier alpha value is -2.06. The molecule has 1 aromatic heterocycles. The van der Waals surface area contributed by atoms with E-state index in [0.717, 1.165) is 30.6 Å². The SMILES string of the molecule is CCCCc1c(C#N)nnn1-c1ccc(OC)c(Cl)c1. The van der Waals surface area contributed by atoms with Crippen LogP contribution >= 0.6 is 11.6 Å². The van der Waals surface area contributed by atoms with Gasteiger partial charge in [0.15, 0.2) is 5.69 Å². The molecule has 6 heteroatoms. The fourth-order valence-electron chi connectivity index (χ4n) is 1.95. The summed E-state index contributed by atoms with van der Waals surface area (Å²) in [5, 5.41) is 17.6. The van der Waals surface area contributed by atoms with E-state index in [4.69, 9.17) is 21.6 Å². The first-order chi connectivity index (χ1) is 9.71. The minimum Gasteiger partial charge on any atom is -0.495 e. The van der Waals surface area contributed by atoms with Crippen molar-refractivity contribution in [1.82, 2.24) is 15.0 Å². The number of halogens is 1. The Bertz CT molecular complexity index is 645. The zero-order chi connectivity index (χ0) is 14.5. The van der Waals surface area contributed by atoms with Crippen molar-refractivity contribution in [3.8, 4) is 17.5 Å². The largest absolute Gasteiger partial charge is 0.495 e. The van der Waals surface area contributed by atoms with Crippen molar-refractivity contribution in [1.29, 1.82) is 5.26 Å². The van der Waals surface area contributed by atoms with E-state index in [9.17, 15) is 0 Å². The highest BCUT2D eigenvalue weighted by Gasteiger charge is 2.14. The lowest BCUT2D eigenvalue weighted by Gasteiger charge is -2.08. The van der Waals surface area contributed by atoms with Crippen LogP contribution < -0.4 is 4.74 Å². The molecule has 0 N–H and O–H groups in total. The van der Waals surface area contributed by atoms with Crippen LogP contribution in [0.15, 0.2) is 18.2 Å². The van der Waals surface area contributed by atoms with Gasteiger partial charge in [-0.2, -0.15) is 5.26 Å². The summed E-state index contributed by atoms with van der Waals surface area (Å²) >= 11 is 6.13. The second-order valence-electron chi connectivity index (χ2n) is 4.33. The number of hydrogen-bond donors (Lipinski definition) is 0. The maximum atomic E-state index is 9.10. The van der Waals surface area contributed by atoms with E-state index in [1.54, 1.807) is 23.9 Å². The first-order valence-electron chi connectivity index (χ1n) is 6.39. The Morgan fingerprint density at radius 3 is 2.85 bits per heavy atom. The van der Waals surface area contributed by atoms with E-state index in [2.05, 4.69) is 23.3 Å². The van der Waals surface area contributed by atoms with Gasteiger partial charge in [-0.15, -0.1) is 5.10 Å². The molecule has 0 atom stereocenters. The molecule has 0 saturated carbocycles. The highest BCUT2D eigenvalue weighted by Crippen LogP contribution is 2.27. The van der Waals surface area contributed by atoms with Gasteiger partial charge in [0.05, 0.1) is 23.5 Å². The molecule has 0 spiro atoms. The minimum atomic E-state index is 0.366. The monoisotopic (exact) mass is 290 g/mol. The van der Waals surface area contributed by atoms with Gasteiger partial charge in [-0.3, -0.25) is 0 Å². The molecule has 0 aliphatic heterocycles. The second-order valence-corrected chi connectivity index (χ2v) is 4.74. The molecular formula is C14H15ClN4O. The zero-order valence-electron chi connectivity index (χ0n) is 11.4. The Morgan fingerprint density at radius 2 is 2.25 bits per heavy atom. The van der Waals surface area contributed by atoms with Crippen LogP contribution in [-0.2, 0) is 6.42 Å². The van der Waals surface area contributed by atoms with Crippen molar-refractivity contribution >= 4 is 11.6 Å². The van der Waals surface area contributed by atoms with Crippen molar-refractivity contribution in [3.05, 3.63) is 34.6 Å². The number of nitriles is 1. The summed E-state index contributed by atoms with van der Waals surface area (Å²) in [5.74, 6) is 0.603. The standard InChI is InChI=1S/C14H15ClN4O/c1-3-4-5-13-12(9-16)17-18-19(13)10-6-7-14(20-2)11(15)8-10/h6-8H,3-5H2,1-2H3. The molecule has 2 rings (SSSR count). The van der Waals surface area contributed by atoms with Crippen LogP contribution in [0.25, 0.3) is 5.69 Å². The molecule has 0 unspecified atom stereocenters. The van der Waals surface area contributed by atoms with Crippen LogP contribution in [0.4, 0.5) is 0 Å². The second kappa shape index (κ2) is 6.40. The van der Waals surface area contributed by atoms with Gasteiger partial charge >= 0.3 is 0 Å². The van der Waals surface area contributed by atoms with E-state index < -0.39 is 0 Å². The summed E-state index contributed by atoms with van der Waals surface area (Å²) in [5.41, 5.74) is 1.96. The van der Waals surface area contributed by atoms with Crippen molar-refractivity contribution in [2.24, 2.45) is 0 Å². The Morgan fingerprint density at radius 1 is 1.45 bits per heavy atom. The summed E-state index contributed by atoms with van der Waals surface area (Å²) in [6.45, 7) is 2.10. The predicted octanol–water partition coefficient (Wildman–Crippen LogP) is 3.14. The van der Waals surface area contributed by atoms with E-state index in [1.165, 1.54) is 0 Å². The van der Waals surface area contributed by atoms with Crippen LogP contribution in [0, 0.1) is 11.3 Å². The molecule has 20 heavy (non-hydrogen) atoms. The van der Waals surface area contributed by atoms with E-state index >= 15 is 0 Å². The third-order valence-electron chi connectivity index (χ3n) is 3.02. The van der Waals surface area contributed by atoms with Gasteiger partial charge in [0, 0.05) is 0 Å². The van der Waals surface area contributed by atoms with Crippen LogP contribution in [0.3, 0.4) is 0 Å². The number of methoxy groups -OCH3 is 1. The molecule has 5 nitrogen and oxygen atoms in total. The van der Waals surface area contributed by atoms with Crippen molar-refractivity contribution in [2.45, 2.75) is 26.2 Å². The number of benzene rings is 1. The van der Waals surface area contributed by atoms with Gasteiger partial charge in [-0.05, 0) is 31.0 Å². The lowest BCUT2D eigenvalue weighted by Crippen LogP contribution is -2.03. The molecule has 0 aliphatic rings. The minimum absolute atomic E-state index is 0.366. The van der Waals surface area contributed by atoms with Crippen LogP contribution in [0.1, 0.15) is 31.2 Å². The molecular weight excluding hydrogens is 276 g/mol. The first-order valence-corrected chi connectivity index (χ1v) is 6.77. The summed E-state index contributed by atoms with van der Waals surface area (Å²) < 4.78 is 6.79. The molecule has 1 heterocycles. The topological polar surface area (TPSA) is 63.7 Å². The van der Waals surface area contributed by atoms with E-state index in [-0.39, 0.29) is 0 Å². The number of ether oxygens (including phenoxy) is 1. The fraction of sp³-hybridized carbons (Fsp3) is 0.357. The molecule has 0 amide bonds. The molecule has 0 fully saturated rings. The third kappa shape index (κ3) is 2.75. The molecule has 0 bridgehead atoms. The maximum Gasteiger partial charge on any atom is 0.186 e. The fourth-order valence-corrected chi connectivity index (χ4v) is 2.20. The van der Waals surface area contributed by atoms with Gasteiger partial charge < -0.3 is 4.74 Å². The quantitative estimate of drug-likeness (QED) is 0.848. The average Bonchev–Trinajstić information content (AvgIpc) is 2.87. The summed E-state index contributed by atoms with van der Waals surface area (Å²) in [4.78, 5) is 0. The van der Waals surface area contributed by atoms with Crippen LogP contribution in [-0.4, -0.2) is 22.1 Å². The molecule has 0 radical (unpaired) electrons. The Kier molecular flexibility index (Phi) is 4.59. The Labute approximate surface area is 122 Å². The number of aromatic nitrogens is 3. The van der Waals surface area contributed by atoms with Gasteiger partial charge in [0.1, 0.15) is 11.8 Å². The summed E-state index contributed by atoms with van der Waals surface area (Å²) in [7, 11) is 1.57. The predicted molar refractivity (Wildman–Crippen MR) is 76.2 cm³/mol. The summed E-state index contributed by atoms with van der Waals surface area (Å²) in [6, 6.07) is 7.45. The van der Waals surface area contributed by atoms with Crippen molar-refractivity contribution in [2.75, 3.05) is 7.11 Å². The average molecular weight is 291 g/mol. The van der Waals surface area contributed by atoms with Gasteiger partial charge in [-0.25, -0.2) is 4.68 Å². The first kappa shape index (κ1) is 14.4. The highest BCUT2D eigenvalue weighted by molar-refractivity contribution is 6.32.